The number of nitrogens with zero attached hydrogens (tertiary/aromatic N) is 2. The fourth-order valence-electron chi connectivity index (χ4n) is 1.57. The van der Waals surface area contributed by atoms with Gasteiger partial charge in [-0.05, 0) is 18.9 Å². The van der Waals surface area contributed by atoms with Gasteiger partial charge in [-0.1, -0.05) is 0 Å². The number of pyridine rings is 1. The minimum Gasteiger partial charge on any atom is -0.396 e. The molecule has 1 aromatic rings. The number of nitrogens with two attached hydrogens (primary N) is 1. The van der Waals surface area contributed by atoms with E-state index in [1.54, 1.807) is 11.9 Å². The van der Waals surface area contributed by atoms with Crippen LogP contribution in [0.2, 0.25) is 0 Å². The standard InChI is InChI=1S/C10H12F3N3/c1-16(6-2-3-6)8-4-9(10(11,12)13)15-5-7(8)14/h4-6H,2-3,14H2,1H3. The lowest BCUT2D eigenvalue weighted by atomic mass is 10.2. The van der Waals surface area contributed by atoms with Crippen molar-refractivity contribution >= 4 is 11.4 Å². The zero-order valence-electron chi connectivity index (χ0n) is 8.75. The topological polar surface area (TPSA) is 42.2 Å². The van der Waals surface area contributed by atoms with Gasteiger partial charge in [0.05, 0.1) is 17.6 Å². The summed E-state index contributed by atoms with van der Waals surface area (Å²) < 4.78 is 37.4. The van der Waals surface area contributed by atoms with E-state index in [2.05, 4.69) is 4.98 Å². The van der Waals surface area contributed by atoms with E-state index in [1.165, 1.54) is 0 Å². The predicted molar refractivity (Wildman–Crippen MR) is 55.1 cm³/mol. The summed E-state index contributed by atoms with van der Waals surface area (Å²) in [4.78, 5) is 5.08. The number of anilines is 2. The maximum absolute atomic E-state index is 12.5. The minimum atomic E-state index is -4.42. The highest BCUT2D eigenvalue weighted by Gasteiger charge is 2.34. The summed E-state index contributed by atoms with van der Waals surface area (Å²) in [6, 6.07) is 1.32. The molecular formula is C10H12F3N3. The molecule has 0 atom stereocenters. The summed E-state index contributed by atoms with van der Waals surface area (Å²) in [7, 11) is 1.75. The zero-order chi connectivity index (χ0) is 11.9. The SMILES string of the molecule is CN(c1cc(C(F)(F)F)ncc1N)C1CC1. The van der Waals surface area contributed by atoms with E-state index in [0.29, 0.717) is 11.7 Å². The molecule has 1 fully saturated rings. The first-order valence-electron chi connectivity index (χ1n) is 4.95. The van der Waals surface area contributed by atoms with Crippen molar-refractivity contribution in [3.63, 3.8) is 0 Å². The molecule has 3 nitrogen and oxygen atoms in total. The Morgan fingerprint density at radius 2 is 2.06 bits per heavy atom. The minimum absolute atomic E-state index is 0.280. The maximum Gasteiger partial charge on any atom is 0.433 e. The summed E-state index contributed by atoms with van der Waals surface area (Å²) in [6.45, 7) is 0. The molecule has 1 heterocycles. The first-order chi connectivity index (χ1) is 7.39. The monoisotopic (exact) mass is 231 g/mol. The molecule has 1 aliphatic carbocycles. The van der Waals surface area contributed by atoms with Crippen molar-refractivity contribution < 1.29 is 13.2 Å². The van der Waals surface area contributed by atoms with Crippen molar-refractivity contribution in [2.24, 2.45) is 0 Å². The molecule has 0 unspecified atom stereocenters. The predicted octanol–water partition coefficient (Wildman–Crippen LogP) is 2.28. The van der Waals surface area contributed by atoms with Crippen LogP contribution in [-0.4, -0.2) is 18.1 Å². The first-order valence-corrected chi connectivity index (χ1v) is 4.95. The molecule has 0 aromatic carbocycles. The molecule has 16 heavy (non-hydrogen) atoms. The molecule has 88 valence electrons. The summed E-state index contributed by atoms with van der Waals surface area (Å²) in [5.41, 5.74) is 5.42. The van der Waals surface area contributed by atoms with Crippen LogP contribution in [0.5, 0.6) is 0 Å². The Bertz CT molecular complexity index is 399. The molecule has 2 N–H and O–H groups in total. The second-order valence-electron chi connectivity index (χ2n) is 3.97. The van der Waals surface area contributed by atoms with Gasteiger partial charge in [0, 0.05) is 13.1 Å². The normalized spacial score (nSPS) is 16.2. The van der Waals surface area contributed by atoms with Crippen LogP contribution in [0.1, 0.15) is 18.5 Å². The number of nitrogen functional groups attached to an aromatic ring is 1. The molecule has 0 aliphatic heterocycles. The summed E-state index contributed by atoms with van der Waals surface area (Å²) in [6.07, 6.45) is -1.36. The van der Waals surface area contributed by atoms with Crippen LogP contribution in [0.25, 0.3) is 0 Å². The van der Waals surface area contributed by atoms with E-state index in [-0.39, 0.29) is 5.69 Å². The third-order valence-electron chi connectivity index (χ3n) is 2.68. The molecular weight excluding hydrogens is 219 g/mol. The van der Waals surface area contributed by atoms with E-state index in [9.17, 15) is 13.2 Å². The maximum atomic E-state index is 12.5. The van der Waals surface area contributed by atoms with Gasteiger partial charge in [-0.2, -0.15) is 13.2 Å². The molecule has 0 amide bonds. The van der Waals surface area contributed by atoms with Crippen LogP contribution in [-0.2, 0) is 6.18 Å². The molecule has 0 spiro atoms. The largest absolute Gasteiger partial charge is 0.433 e. The molecule has 0 saturated heterocycles. The Hall–Kier alpha value is -1.46. The van der Waals surface area contributed by atoms with Crippen LogP contribution >= 0.6 is 0 Å². The van der Waals surface area contributed by atoms with Crippen LogP contribution in [0, 0.1) is 0 Å². The van der Waals surface area contributed by atoms with Crippen LogP contribution in [0.3, 0.4) is 0 Å². The lowest BCUT2D eigenvalue weighted by Crippen LogP contribution is -2.22. The average Bonchev–Trinajstić information content (AvgIpc) is 2.98. The van der Waals surface area contributed by atoms with Crippen LogP contribution < -0.4 is 10.6 Å². The highest BCUT2D eigenvalue weighted by Crippen LogP contribution is 2.36. The highest BCUT2D eigenvalue weighted by molar-refractivity contribution is 5.67. The first kappa shape index (κ1) is 11.0. The van der Waals surface area contributed by atoms with Crippen molar-refractivity contribution in [1.82, 2.24) is 4.98 Å². The smallest absolute Gasteiger partial charge is 0.396 e. The van der Waals surface area contributed by atoms with E-state index in [1.807, 2.05) is 0 Å². The van der Waals surface area contributed by atoms with Gasteiger partial charge in [0.2, 0.25) is 0 Å². The Morgan fingerprint density at radius 3 is 2.56 bits per heavy atom. The number of hydrogen-bond donors (Lipinski definition) is 1. The molecule has 2 rings (SSSR count). The molecule has 6 heteroatoms. The zero-order valence-corrected chi connectivity index (χ0v) is 8.75. The van der Waals surface area contributed by atoms with Gasteiger partial charge in [0.1, 0.15) is 5.69 Å². The van der Waals surface area contributed by atoms with Gasteiger partial charge in [0.15, 0.2) is 0 Å². The van der Waals surface area contributed by atoms with E-state index >= 15 is 0 Å². The number of alkyl halides is 3. The summed E-state index contributed by atoms with van der Waals surface area (Å²) in [5.74, 6) is 0. The number of halogens is 3. The lowest BCUT2D eigenvalue weighted by Gasteiger charge is -2.21. The molecule has 1 saturated carbocycles. The quantitative estimate of drug-likeness (QED) is 0.849. The fraction of sp³-hybridized carbons (Fsp3) is 0.500. The number of hydrogen-bond acceptors (Lipinski definition) is 3. The van der Waals surface area contributed by atoms with Gasteiger partial charge < -0.3 is 10.6 Å². The fourth-order valence-corrected chi connectivity index (χ4v) is 1.57. The van der Waals surface area contributed by atoms with Gasteiger partial charge >= 0.3 is 6.18 Å². The third-order valence-corrected chi connectivity index (χ3v) is 2.68. The summed E-state index contributed by atoms with van der Waals surface area (Å²) >= 11 is 0. The molecule has 1 aromatic heterocycles. The van der Waals surface area contributed by atoms with Crippen molar-refractivity contribution in [3.05, 3.63) is 18.0 Å². The van der Waals surface area contributed by atoms with Crippen molar-refractivity contribution in [2.75, 3.05) is 17.7 Å². The van der Waals surface area contributed by atoms with E-state index < -0.39 is 11.9 Å². The molecule has 1 aliphatic rings. The lowest BCUT2D eigenvalue weighted by molar-refractivity contribution is -0.141. The molecule has 0 bridgehead atoms. The van der Waals surface area contributed by atoms with E-state index in [0.717, 1.165) is 25.1 Å². The third kappa shape index (κ3) is 2.05. The Balaban J connectivity index is 2.36. The van der Waals surface area contributed by atoms with Crippen LogP contribution in [0.15, 0.2) is 12.3 Å². The van der Waals surface area contributed by atoms with Gasteiger partial charge in [-0.3, -0.25) is 0 Å². The second-order valence-corrected chi connectivity index (χ2v) is 3.97. The Morgan fingerprint density at radius 1 is 1.44 bits per heavy atom. The second kappa shape index (κ2) is 3.54. The Kier molecular flexibility index (Phi) is 2.44. The highest BCUT2D eigenvalue weighted by atomic mass is 19.4. The molecule has 0 radical (unpaired) electrons. The van der Waals surface area contributed by atoms with Gasteiger partial charge in [-0.15, -0.1) is 0 Å². The van der Waals surface area contributed by atoms with Crippen LogP contribution in [0.4, 0.5) is 24.5 Å². The van der Waals surface area contributed by atoms with E-state index in [4.69, 9.17) is 5.73 Å². The van der Waals surface area contributed by atoms with Gasteiger partial charge in [0.25, 0.3) is 0 Å². The average molecular weight is 231 g/mol. The van der Waals surface area contributed by atoms with Crippen molar-refractivity contribution in [1.29, 1.82) is 0 Å². The van der Waals surface area contributed by atoms with Crippen molar-refractivity contribution in [2.45, 2.75) is 25.1 Å². The number of rotatable bonds is 2. The summed E-state index contributed by atoms with van der Waals surface area (Å²) in [5, 5.41) is 0. The number of aromatic nitrogens is 1. The van der Waals surface area contributed by atoms with Crippen molar-refractivity contribution in [3.8, 4) is 0 Å². The van der Waals surface area contributed by atoms with Gasteiger partial charge in [-0.25, -0.2) is 4.98 Å². The Labute approximate surface area is 91.1 Å².